The SMILES string of the molecule is CC(CO)n1cnnn1. The third-order valence-electron chi connectivity index (χ3n) is 1.08. The van der Waals surface area contributed by atoms with Gasteiger partial charge >= 0.3 is 0 Å². The number of rotatable bonds is 2. The van der Waals surface area contributed by atoms with Gasteiger partial charge in [0, 0.05) is 0 Å². The van der Waals surface area contributed by atoms with Crippen LogP contribution >= 0.6 is 0 Å². The molecule has 0 saturated heterocycles. The minimum absolute atomic E-state index is 0.0278. The van der Waals surface area contributed by atoms with Crippen molar-refractivity contribution in [2.75, 3.05) is 6.61 Å². The lowest BCUT2D eigenvalue weighted by atomic mass is 10.4. The molecule has 0 amide bonds. The number of aliphatic hydroxyl groups excluding tert-OH is 1. The van der Waals surface area contributed by atoms with Crippen LogP contribution in [0.2, 0.25) is 0 Å². The van der Waals surface area contributed by atoms with E-state index in [1.165, 1.54) is 11.0 Å². The molecular weight excluding hydrogens is 120 g/mol. The summed E-state index contributed by atoms with van der Waals surface area (Å²) in [4.78, 5) is 0. The van der Waals surface area contributed by atoms with E-state index in [-0.39, 0.29) is 12.6 Å². The van der Waals surface area contributed by atoms with Crippen LogP contribution in [0.25, 0.3) is 0 Å². The maximum atomic E-state index is 8.59. The predicted molar refractivity (Wildman–Crippen MR) is 29.6 cm³/mol. The number of tetrazole rings is 1. The van der Waals surface area contributed by atoms with Crippen molar-refractivity contribution in [3.63, 3.8) is 0 Å². The van der Waals surface area contributed by atoms with Crippen LogP contribution < -0.4 is 0 Å². The van der Waals surface area contributed by atoms with Crippen molar-refractivity contribution in [1.29, 1.82) is 0 Å². The molecule has 0 aromatic carbocycles. The van der Waals surface area contributed by atoms with E-state index in [1.54, 1.807) is 0 Å². The van der Waals surface area contributed by atoms with E-state index in [0.717, 1.165) is 0 Å². The fourth-order valence-electron chi connectivity index (χ4n) is 0.454. The van der Waals surface area contributed by atoms with Crippen molar-refractivity contribution in [2.45, 2.75) is 13.0 Å². The van der Waals surface area contributed by atoms with Gasteiger partial charge in [-0.1, -0.05) is 0 Å². The highest BCUT2D eigenvalue weighted by Gasteiger charge is 2.01. The first-order valence-electron chi connectivity index (χ1n) is 2.68. The zero-order valence-corrected chi connectivity index (χ0v) is 5.10. The normalized spacial score (nSPS) is 13.6. The van der Waals surface area contributed by atoms with Gasteiger partial charge in [-0.3, -0.25) is 0 Å². The van der Waals surface area contributed by atoms with Crippen LogP contribution in [-0.4, -0.2) is 31.9 Å². The minimum atomic E-state index is -0.0278. The highest BCUT2D eigenvalue weighted by atomic mass is 16.3. The van der Waals surface area contributed by atoms with Crippen LogP contribution in [0.3, 0.4) is 0 Å². The van der Waals surface area contributed by atoms with Gasteiger partial charge in [0.05, 0.1) is 12.6 Å². The third kappa shape index (κ3) is 1.23. The molecule has 5 heteroatoms. The molecule has 0 fully saturated rings. The number of aliphatic hydroxyl groups is 1. The van der Waals surface area contributed by atoms with Gasteiger partial charge in [-0.2, -0.15) is 0 Å². The van der Waals surface area contributed by atoms with Gasteiger partial charge in [0.1, 0.15) is 6.33 Å². The summed E-state index contributed by atoms with van der Waals surface area (Å²) in [6.07, 6.45) is 1.47. The van der Waals surface area contributed by atoms with E-state index >= 15 is 0 Å². The van der Waals surface area contributed by atoms with E-state index < -0.39 is 0 Å². The van der Waals surface area contributed by atoms with E-state index in [2.05, 4.69) is 15.5 Å². The predicted octanol–water partition coefficient (Wildman–Crippen LogP) is -0.774. The molecule has 1 rings (SSSR count). The third-order valence-corrected chi connectivity index (χ3v) is 1.08. The number of nitrogens with zero attached hydrogens (tertiary/aromatic N) is 4. The Morgan fingerprint density at radius 2 is 2.56 bits per heavy atom. The minimum Gasteiger partial charge on any atom is -0.394 e. The summed E-state index contributed by atoms with van der Waals surface area (Å²) in [7, 11) is 0. The number of hydrogen-bond donors (Lipinski definition) is 1. The fraction of sp³-hybridized carbons (Fsp3) is 0.750. The fourth-order valence-corrected chi connectivity index (χ4v) is 0.454. The second-order valence-corrected chi connectivity index (χ2v) is 1.82. The Labute approximate surface area is 52.3 Å². The molecule has 50 valence electrons. The van der Waals surface area contributed by atoms with Crippen molar-refractivity contribution in [3.05, 3.63) is 6.33 Å². The number of hydrogen-bond acceptors (Lipinski definition) is 4. The summed E-state index contributed by atoms with van der Waals surface area (Å²) in [5, 5.41) is 19.0. The number of aromatic nitrogens is 4. The monoisotopic (exact) mass is 128 g/mol. The summed E-state index contributed by atoms with van der Waals surface area (Å²) in [5.41, 5.74) is 0. The molecule has 1 heterocycles. The lowest BCUT2D eigenvalue weighted by Crippen LogP contribution is -2.09. The Morgan fingerprint density at radius 3 is 3.00 bits per heavy atom. The summed E-state index contributed by atoms with van der Waals surface area (Å²) in [6, 6.07) is -0.0278. The molecule has 1 N–H and O–H groups in total. The van der Waals surface area contributed by atoms with E-state index in [4.69, 9.17) is 5.11 Å². The van der Waals surface area contributed by atoms with Crippen molar-refractivity contribution in [3.8, 4) is 0 Å². The lowest BCUT2D eigenvalue weighted by Gasteiger charge is -2.03. The summed E-state index contributed by atoms with van der Waals surface area (Å²) >= 11 is 0. The first kappa shape index (κ1) is 6.15. The van der Waals surface area contributed by atoms with E-state index in [1.807, 2.05) is 6.92 Å². The molecule has 0 bridgehead atoms. The second-order valence-electron chi connectivity index (χ2n) is 1.82. The highest BCUT2D eigenvalue weighted by molar-refractivity contribution is 4.56. The second kappa shape index (κ2) is 2.54. The Hall–Kier alpha value is -0.970. The quantitative estimate of drug-likeness (QED) is 0.567. The Balaban J connectivity index is 2.65. The molecule has 0 aliphatic carbocycles. The van der Waals surface area contributed by atoms with Gasteiger partial charge in [-0.15, -0.1) is 5.10 Å². The molecule has 0 aliphatic rings. The maximum Gasteiger partial charge on any atom is 0.138 e. The largest absolute Gasteiger partial charge is 0.394 e. The molecule has 5 nitrogen and oxygen atoms in total. The average molecular weight is 128 g/mol. The van der Waals surface area contributed by atoms with Crippen LogP contribution in [0.5, 0.6) is 0 Å². The first-order chi connectivity index (χ1) is 4.34. The molecule has 1 atom stereocenters. The van der Waals surface area contributed by atoms with E-state index in [9.17, 15) is 0 Å². The van der Waals surface area contributed by atoms with Crippen LogP contribution in [0.15, 0.2) is 6.33 Å². The van der Waals surface area contributed by atoms with Crippen LogP contribution in [0, 0.1) is 0 Å². The van der Waals surface area contributed by atoms with E-state index in [0.29, 0.717) is 0 Å². The summed E-state index contributed by atoms with van der Waals surface area (Å²) in [6.45, 7) is 1.89. The Bertz CT molecular complexity index is 161. The molecule has 0 saturated carbocycles. The average Bonchev–Trinajstić information content (AvgIpc) is 2.37. The van der Waals surface area contributed by atoms with Gasteiger partial charge in [0.2, 0.25) is 0 Å². The van der Waals surface area contributed by atoms with Gasteiger partial charge in [0.15, 0.2) is 0 Å². The van der Waals surface area contributed by atoms with Crippen molar-refractivity contribution in [2.24, 2.45) is 0 Å². The van der Waals surface area contributed by atoms with Gasteiger partial charge in [-0.05, 0) is 17.4 Å². The molecule has 1 aromatic rings. The Morgan fingerprint density at radius 1 is 1.78 bits per heavy atom. The van der Waals surface area contributed by atoms with Crippen molar-refractivity contribution >= 4 is 0 Å². The van der Waals surface area contributed by atoms with Gasteiger partial charge < -0.3 is 5.11 Å². The summed E-state index contributed by atoms with van der Waals surface area (Å²) in [5.74, 6) is 0. The zero-order chi connectivity index (χ0) is 6.69. The molecule has 1 aromatic heterocycles. The zero-order valence-electron chi connectivity index (χ0n) is 5.10. The molecular formula is C4H8N4O. The molecule has 9 heavy (non-hydrogen) atoms. The Kier molecular flexibility index (Phi) is 1.74. The summed E-state index contributed by atoms with van der Waals surface area (Å²) < 4.78 is 1.50. The smallest absolute Gasteiger partial charge is 0.138 e. The van der Waals surface area contributed by atoms with Crippen LogP contribution in [-0.2, 0) is 0 Å². The van der Waals surface area contributed by atoms with Crippen LogP contribution in [0.1, 0.15) is 13.0 Å². The van der Waals surface area contributed by atoms with Gasteiger partial charge in [-0.25, -0.2) is 4.68 Å². The maximum absolute atomic E-state index is 8.59. The van der Waals surface area contributed by atoms with Crippen molar-refractivity contribution < 1.29 is 5.11 Å². The molecule has 0 radical (unpaired) electrons. The molecule has 1 unspecified atom stereocenters. The molecule has 0 spiro atoms. The lowest BCUT2D eigenvalue weighted by molar-refractivity contribution is 0.228. The standard InChI is InChI=1S/C4H8N4O/c1-4(2-9)8-3-5-6-7-8/h3-4,9H,2H2,1H3. The topological polar surface area (TPSA) is 63.8 Å². The van der Waals surface area contributed by atoms with Crippen LogP contribution in [0.4, 0.5) is 0 Å². The molecule has 0 aliphatic heterocycles. The van der Waals surface area contributed by atoms with Crippen molar-refractivity contribution in [1.82, 2.24) is 20.2 Å². The van der Waals surface area contributed by atoms with Gasteiger partial charge in [0.25, 0.3) is 0 Å². The first-order valence-corrected chi connectivity index (χ1v) is 2.68. The highest BCUT2D eigenvalue weighted by Crippen LogP contribution is 1.96.